The SMILES string of the molecule is COc1cc(C=C(C#N)C(=O)NC(C)c2ccccc2)ccc1OCC(=O)Nc1nccs1. The van der Waals surface area contributed by atoms with E-state index in [9.17, 15) is 14.9 Å². The van der Waals surface area contributed by atoms with E-state index in [-0.39, 0.29) is 24.1 Å². The number of methoxy groups -OCH3 is 1. The molecular formula is C24H22N4O4S. The molecule has 3 aromatic rings. The second-order valence-electron chi connectivity index (χ2n) is 6.86. The molecule has 1 aromatic heterocycles. The zero-order valence-corrected chi connectivity index (χ0v) is 18.9. The highest BCUT2D eigenvalue weighted by Crippen LogP contribution is 2.29. The predicted molar refractivity (Wildman–Crippen MR) is 126 cm³/mol. The topological polar surface area (TPSA) is 113 Å². The first-order valence-corrected chi connectivity index (χ1v) is 10.9. The van der Waals surface area contributed by atoms with Crippen LogP contribution in [0.1, 0.15) is 24.1 Å². The zero-order valence-electron chi connectivity index (χ0n) is 18.1. The molecule has 0 aliphatic heterocycles. The molecule has 0 bridgehead atoms. The van der Waals surface area contributed by atoms with Gasteiger partial charge in [0.05, 0.1) is 13.2 Å². The van der Waals surface area contributed by atoms with E-state index >= 15 is 0 Å². The van der Waals surface area contributed by atoms with E-state index in [0.29, 0.717) is 22.2 Å². The minimum atomic E-state index is -0.480. The molecule has 2 amide bonds. The number of hydrogen-bond donors (Lipinski definition) is 2. The Morgan fingerprint density at radius 2 is 2.00 bits per heavy atom. The molecule has 1 unspecified atom stereocenters. The fourth-order valence-electron chi connectivity index (χ4n) is 2.89. The number of anilines is 1. The van der Waals surface area contributed by atoms with E-state index in [0.717, 1.165) is 5.56 Å². The Balaban J connectivity index is 1.66. The second-order valence-corrected chi connectivity index (χ2v) is 7.75. The van der Waals surface area contributed by atoms with Gasteiger partial charge in [-0.3, -0.25) is 14.9 Å². The molecule has 0 aliphatic rings. The highest BCUT2D eigenvalue weighted by Gasteiger charge is 2.15. The largest absolute Gasteiger partial charge is 0.493 e. The molecule has 0 saturated heterocycles. The lowest BCUT2D eigenvalue weighted by Crippen LogP contribution is -2.27. The number of carbonyl (C=O) groups is 2. The number of benzene rings is 2. The number of ether oxygens (including phenoxy) is 2. The monoisotopic (exact) mass is 462 g/mol. The molecule has 3 rings (SSSR count). The third-order valence-corrected chi connectivity index (χ3v) is 5.24. The predicted octanol–water partition coefficient (Wildman–Crippen LogP) is 3.95. The molecule has 2 N–H and O–H groups in total. The van der Waals surface area contributed by atoms with Gasteiger partial charge in [0.15, 0.2) is 23.2 Å². The van der Waals surface area contributed by atoms with Crippen LogP contribution in [0.3, 0.4) is 0 Å². The van der Waals surface area contributed by atoms with Gasteiger partial charge >= 0.3 is 0 Å². The van der Waals surface area contributed by atoms with E-state index in [1.54, 1.807) is 29.8 Å². The summed E-state index contributed by atoms with van der Waals surface area (Å²) < 4.78 is 10.9. The van der Waals surface area contributed by atoms with Crippen LogP contribution in [0, 0.1) is 11.3 Å². The van der Waals surface area contributed by atoms with Gasteiger partial charge in [0.25, 0.3) is 11.8 Å². The third kappa shape index (κ3) is 6.66. The van der Waals surface area contributed by atoms with Crippen LogP contribution in [0.4, 0.5) is 5.13 Å². The van der Waals surface area contributed by atoms with Gasteiger partial charge in [0.1, 0.15) is 11.6 Å². The molecule has 33 heavy (non-hydrogen) atoms. The Kier molecular flexibility index (Phi) is 8.16. The number of nitrogens with zero attached hydrogens (tertiary/aromatic N) is 2. The number of carbonyl (C=O) groups excluding carboxylic acids is 2. The highest BCUT2D eigenvalue weighted by molar-refractivity contribution is 7.13. The van der Waals surface area contributed by atoms with Crippen LogP contribution in [-0.2, 0) is 9.59 Å². The highest BCUT2D eigenvalue weighted by atomic mass is 32.1. The fourth-order valence-corrected chi connectivity index (χ4v) is 3.44. The van der Waals surface area contributed by atoms with Gasteiger partial charge in [0, 0.05) is 11.6 Å². The molecule has 0 radical (unpaired) electrons. The van der Waals surface area contributed by atoms with Crippen molar-refractivity contribution in [2.24, 2.45) is 0 Å². The van der Waals surface area contributed by atoms with Crippen LogP contribution in [0.25, 0.3) is 6.08 Å². The maximum atomic E-state index is 12.6. The average Bonchev–Trinajstić information content (AvgIpc) is 3.34. The first-order valence-electron chi connectivity index (χ1n) is 9.98. The summed E-state index contributed by atoms with van der Waals surface area (Å²) in [6.45, 7) is 1.62. The van der Waals surface area contributed by atoms with Crippen molar-refractivity contribution in [3.63, 3.8) is 0 Å². The van der Waals surface area contributed by atoms with Crippen molar-refractivity contribution in [2.75, 3.05) is 19.0 Å². The lowest BCUT2D eigenvalue weighted by molar-refractivity contribution is -0.118. The molecule has 2 aromatic carbocycles. The smallest absolute Gasteiger partial charge is 0.264 e. The fraction of sp³-hybridized carbons (Fsp3) is 0.167. The first kappa shape index (κ1) is 23.5. The van der Waals surface area contributed by atoms with Gasteiger partial charge in [-0.15, -0.1) is 11.3 Å². The Hall–Kier alpha value is -4.16. The summed E-state index contributed by atoms with van der Waals surface area (Å²) in [5.74, 6) is -0.121. The second kappa shape index (κ2) is 11.5. The van der Waals surface area contributed by atoms with Gasteiger partial charge in [-0.25, -0.2) is 4.98 Å². The van der Waals surface area contributed by atoms with E-state index in [1.807, 2.05) is 43.3 Å². The molecule has 9 heteroatoms. The standard InChI is InChI=1S/C24H22N4O4S/c1-16(18-6-4-3-5-7-18)27-23(30)19(14-25)12-17-8-9-20(21(13-17)31-2)32-15-22(29)28-24-26-10-11-33-24/h3-13,16H,15H2,1-2H3,(H,27,30)(H,26,28,29). The van der Waals surface area contributed by atoms with E-state index in [4.69, 9.17) is 9.47 Å². The van der Waals surface area contributed by atoms with Crippen molar-refractivity contribution >= 4 is 34.4 Å². The maximum absolute atomic E-state index is 12.6. The Morgan fingerprint density at radius 1 is 1.21 bits per heavy atom. The van der Waals surface area contributed by atoms with Gasteiger partial charge in [0.2, 0.25) is 0 Å². The molecule has 0 aliphatic carbocycles. The van der Waals surface area contributed by atoms with Crippen LogP contribution in [0.5, 0.6) is 11.5 Å². The number of amides is 2. The summed E-state index contributed by atoms with van der Waals surface area (Å²) in [5, 5.41) is 17.2. The van der Waals surface area contributed by atoms with Crippen molar-refractivity contribution < 1.29 is 19.1 Å². The van der Waals surface area contributed by atoms with Crippen molar-refractivity contribution in [1.82, 2.24) is 10.3 Å². The van der Waals surface area contributed by atoms with Crippen LogP contribution in [0.2, 0.25) is 0 Å². The van der Waals surface area contributed by atoms with Crippen molar-refractivity contribution in [2.45, 2.75) is 13.0 Å². The lowest BCUT2D eigenvalue weighted by atomic mass is 10.1. The maximum Gasteiger partial charge on any atom is 0.264 e. The molecule has 0 fully saturated rings. The van der Waals surface area contributed by atoms with Crippen LogP contribution in [-0.4, -0.2) is 30.5 Å². The van der Waals surface area contributed by atoms with Gasteiger partial charge in [-0.05, 0) is 36.3 Å². The molecule has 8 nitrogen and oxygen atoms in total. The van der Waals surface area contributed by atoms with E-state index in [1.165, 1.54) is 24.5 Å². The van der Waals surface area contributed by atoms with Gasteiger partial charge < -0.3 is 14.8 Å². The minimum Gasteiger partial charge on any atom is -0.493 e. The summed E-state index contributed by atoms with van der Waals surface area (Å²) in [6, 6.07) is 16.1. The molecule has 0 spiro atoms. The quantitative estimate of drug-likeness (QED) is 0.368. The Morgan fingerprint density at radius 3 is 2.67 bits per heavy atom. The molecule has 1 atom stereocenters. The third-order valence-electron chi connectivity index (χ3n) is 4.55. The summed E-state index contributed by atoms with van der Waals surface area (Å²) >= 11 is 1.31. The van der Waals surface area contributed by atoms with Crippen molar-refractivity contribution in [3.8, 4) is 17.6 Å². The average molecular weight is 463 g/mol. The molecular weight excluding hydrogens is 440 g/mol. The van der Waals surface area contributed by atoms with Gasteiger partial charge in [-0.2, -0.15) is 5.26 Å². The van der Waals surface area contributed by atoms with E-state index < -0.39 is 5.91 Å². The van der Waals surface area contributed by atoms with Crippen molar-refractivity contribution in [1.29, 1.82) is 5.26 Å². The Labute approximate surface area is 195 Å². The van der Waals surface area contributed by atoms with E-state index in [2.05, 4.69) is 15.6 Å². The van der Waals surface area contributed by atoms with Crippen LogP contribution in [0.15, 0.2) is 65.7 Å². The van der Waals surface area contributed by atoms with Crippen LogP contribution >= 0.6 is 11.3 Å². The van der Waals surface area contributed by atoms with Gasteiger partial charge in [-0.1, -0.05) is 36.4 Å². The number of aromatic nitrogens is 1. The lowest BCUT2D eigenvalue weighted by Gasteiger charge is -2.14. The Bertz CT molecular complexity index is 1170. The number of nitrogens with one attached hydrogen (secondary N) is 2. The van der Waals surface area contributed by atoms with Crippen molar-refractivity contribution in [3.05, 3.63) is 76.8 Å². The summed E-state index contributed by atoms with van der Waals surface area (Å²) in [5.41, 5.74) is 1.46. The molecule has 0 saturated carbocycles. The molecule has 168 valence electrons. The normalized spacial score (nSPS) is 11.7. The first-order chi connectivity index (χ1) is 16.0. The summed E-state index contributed by atoms with van der Waals surface area (Å²) in [4.78, 5) is 28.6. The summed E-state index contributed by atoms with van der Waals surface area (Å²) in [6.07, 6.45) is 3.06. The number of thiazole rings is 1. The minimum absolute atomic E-state index is 0.0451. The van der Waals surface area contributed by atoms with Crippen LogP contribution < -0.4 is 20.1 Å². The number of hydrogen-bond acceptors (Lipinski definition) is 7. The molecule has 1 heterocycles. The number of rotatable bonds is 9. The summed E-state index contributed by atoms with van der Waals surface area (Å²) in [7, 11) is 1.46. The number of nitriles is 1. The zero-order chi connectivity index (χ0) is 23.6.